The number of nitriles is 1. The van der Waals surface area contributed by atoms with E-state index in [1.54, 1.807) is 36.4 Å². The molecule has 2 aromatic rings. The average Bonchev–Trinajstić information content (AvgIpc) is 2.49. The van der Waals surface area contributed by atoms with Crippen LogP contribution in [0.3, 0.4) is 0 Å². The van der Waals surface area contributed by atoms with Crippen molar-refractivity contribution in [1.29, 1.82) is 5.26 Å². The Bertz CT molecular complexity index is 799. The smallest absolute Gasteiger partial charge is 0.266 e. The Morgan fingerprint density at radius 1 is 1.32 bits per heavy atom. The lowest BCUT2D eigenvalue weighted by Crippen LogP contribution is -2.13. The summed E-state index contributed by atoms with van der Waals surface area (Å²) in [6.45, 7) is 0. The molecule has 0 bridgehead atoms. The van der Waals surface area contributed by atoms with Crippen molar-refractivity contribution >= 4 is 45.2 Å². The van der Waals surface area contributed by atoms with Crippen molar-refractivity contribution in [2.24, 2.45) is 0 Å². The van der Waals surface area contributed by atoms with E-state index >= 15 is 0 Å². The summed E-state index contributed by atoms with van der Waals surface area (Å²) in [7, 11) is 0. The Balaban J connectivity index is 2.28. The van der Waals surface area contributed by atoms with Crippen molar-refractivity contribution in [2.75, 3.05) is 5.32 Å². The number of amides is 1. The maximum atomic E-state index is 13.8. The summed E-state index contributed by atoms with van der Waals surface area (Å²) >= 11 is 9.08. The number of halogens is 3. The lowest BCUT2D eigenvalue weighted by Gasteiger charge is -2.06. The van der Waals surface area contributed by atoms with E-state index in [0.717, 1.165) is 0 Å². The first kappa shape index (κ1) is 16.2. The molecule has 0 aliphatic heterocycles. The third-order valence-electron chi connectivity index (χ3n) is 2.75. The van der Waals surface area contributed by atoms with Gasteiger partial charge in [-0.1, -0.05) is 45.7 Å². The van der Waals surface area contributed by atoms with Crippen molar-refractivity contribution in [2.45, 2.75) is 0 Å². The molecule has 2 rings (SSSR count). The summed E-state index contributed by atoms with van der Waals surface area (Å²) < 4.78 is 14.3. The molecule has 0 unspecified atom stereocenters. The van der Waals surface area contributed by atoms with Gasteiger partial charge in [-0.3, -0.25) is 4.79 Å². The van der Waals surface area contributed by atoms with E-state index in [1.807, 2.05) is 0 Å². The monoisotopic (exact) mass is 378 g/mol. The molecule has 1 amide bonds. The van der Waals surface area contributed by atoms with Crippen LogP contribution in [0, 0.1) is 17.1 Å². The van der Waals surface area contributed by atoms with Crippen LogP contribution in [-0.2, 0) is 4.79 Å². The van der Waals surface area contributed by atoms with E-state index in [9.17, 15) is 9.18 Å². The van der Waals surface area contributed by atoms with Crippen molar-refractivity contribution in [3.8, 4) is 6.07 Å². The minimum atomic E-state index is -0.655. The highest BCUT2D eigenvalue weighted by atomic mass is 79.9. The second-order valence-electron chi connectivity index (χ2n) is 4.27. The van der Waals surface area contributed by atoms with Crippen LogP contribution in [0.15, 0.2) is 52.5 Å². The zero-order valence-electron chi connectivity index (χ0n) is 11.1. The third-order valence-corrected chi connectivity index (χ3v) is 3.57. The summed E-state index contributed by atoms with van der Waals surface area (Å²) in [5.74, 6) is -1.19. The quantitative estimate of drug-likeness (QED) is 0.616. The fourth-order valence-electron chi connectivity index (χ4n) is 1.67. The van der Waals surface area contributed by atoms with Crippen LogP contribution >= 0.6 is 27.5 Å². The lowest BCUT2D eigenvalue weighted by molar-refractivity contribution is -0.112. The predicted molar refractivity (Wildman–Crippen MR) is 87.8 cm³/mol. The molecule has 0 radical (unpaired) electrons. The van der Waals surface area contributed by atoms with Crippen molar-refractivity contribution < 1.29 is 9.18 Å². The molecule has 1 N–H and O–H groups in total. The Hall–Kier alpha value is -2.16. The minimum absolute atomic E-state index is 0.147. The first-order valence-corrected chi connectivity index (χ1v) is 7.31. The number of para-hydroxylation sites is 1. The van der Waals surface area contributed by atoms with Gasteiger partial charge in [0.25, 0.3) is 5.91 Å². The van der Waals surface area contributed by atoms with E-state index < -0.39 is 11.7 Å². The maximum Gasteiger partial charge on any atom is 0.266 e. The number of nitrogens with one attached hydrogen (secondary N) is 1. The SMILES string of the molecule is N#C/C(=C\c1ccc(Br)cc1F)C(=O)Nc1ccccc1Cl. The van der Waals surface area contributed by atoms with Gasteiger partial charge in [-0.2, -0.15) is 5.26 Å². The number of benzene rings is 2. The molecule has 6 heteroatoms. The van der Waals surface area contributed by atoms with Gasteiger partial charge in [0.05, 0.1) is 10.7 Å². The van der Waals surface area contributed by atoms with Gasteiger partial charge in [-0.15, -0.1) is 0 Å². The van der Waals surface area contributed by atoms with Crippen LogP contribution in [0.5, 0.6) is 0 Å². The zero-order chi connectivity index (χ0) is 16.1. The largest absolute Gasteiger partial charge is 0.320 e. The molecule has 0 aromatic heterocycles. The van der Waals surface area contributed by atoms with Gasteiger partial charge >= 0.3 is 0 Å². The normalized spacial score (nSPS) is 10.9. The Morgan fingerprint density at radius 2 is 2.05 bits per heavy atom. The van der Waals surface area contributed by atoms with Crippen LogP contribution < -0.4 is 5.32 Å². The van der Waals surface area contributed by atoms with Gasteiger partial charge in [0, 0.05) is 10.0 Å². The highest BCUT2D eigenvalue weighted by Crippen LogP contribution is 2.22. The topological polar surface area (TPSA) is 52.9 Å². The van der Waals surface area contributed by atoms with E-state index in [0.29, 0.717) is 15.2 Å². The standard InChI is InChI=1S/C16H9BrClFN2O/c17-12-6-5-10(14(19)8-12)7-11(9-20)16(22)21-15-4-2-1-3-13(15)18/h1-8H,(H,21,22)/b11-7+. The van der Waals surface area contributed by atoms with Gasteiger partial charge in [0.15, 0.2) is 0 Å². The Morgan fingerprint density at radius 3 is 2.68 bits per heavy atom. The molecule has 22 heavy (non-hydrogen) atoms. The van der Waals surface area contributed by atoms with Crippen molar-refractivity contribution in [3.05, 3.63) is 68.9 Å². The molecule has 2 aromatic carbocycles. The highest BCUT2D eigenvalue weighted by Gasteiger charge is 2.12. The number of anilines is 1. The number of hydrogen-bond acceptors (Lipinski definition) is 2. The molecule has 0 fully saturated rings. The summed E-state index contributed by atoms with van der Waals surface area (Å²) in [5.41, 5.74) is 0.307. The summed E-state index contributed by atoms with van der Waals surface area (Å²) in [5, 5.41) is 12.0. The fourth-order valence-corrected chi connectivity index (χ4v) is 2.19. The molecule has 0 aliphatic rings. The molecule has 0 heterocycles. The molecular formula is C16H9BrClFN2O. The van der Waals surface area contributed by atoms with Crippen LogP contribution in [-0.4, -0.2) is 5.91 Å². The van der Waals surface area contributed by atoms with E-state index in [4.69, 9.17) is 16.9 Å². The fraction of sp³-hybridized carbons (Fsp3) is 0. The van der Waals surface area contributed by atoms with Gasteiger partial charge in [-0.05, 0) is 30.3 Å². The molecular weight excluding hydrogens is 371 g/mol. The molecule has 0 spiro atoms. The molecule has 0 atom stereocenters. The highest BCUT2D eigenvalue weighted by molar-refractivity contribution is 9.10. The molecule has 0 aliphatic carbocycles. The number of rotatable bonds is 3. The lowest BCUT2D eigenvalue weighted by atomic mass is 10.1. The number of nitrogens with zero attached hydrogens (tertiary/aromatic N) is 1. The summed E-state index contributed by atoms with van der Waals surface area (Å²) in [4.78, 5) is 12.1. The molecule has 0 saturated carbocycles. The Labute approximate surface area is 140 Å². The van der Waals surface area contributed by atoms with Gasteiger partial charge in [0.1, 0.15) is 17.5 Å². The Kier molecular flexibility index (Phi) is 5.31. The van der Waals surface area contributed by atoms with Gasteiger partial charge in [0.2, 0.25) is 0 Å². The van der Waals surface area contributed by atoms with Gasteiger partial charge in [-0.25, -0.2) is 4.39 Å². The maximum absolute atomic E-state index is 13.8. The van der Waals surface area contributed by atoms with E-state index in [-0.39, 0.29) is 11.1 Å². The van der Waals surface area contributed by atoms with E-state index in [1.165, 1.54) is 18.2 Å². The predicted octanol–water partition coefficient (Wildman–Crippen LogP) is 4.79. The second kappa shape index (κ2) is 7.21. The third kappa shape index (κ3) is 3.94. The van der Waals surface area contributed by atoms with Crippen LogP contribution in [0.4, 0.5) is 10.1 Å². The van der Waals surface area contributed by atoms with Gasteiger partial charge < -0.3 is 5.32 Å². The van der Waals surface area contributed by atoms with Crippen molar-refractivity contribution in [1.82, 2.24) is 0 Å². The number of carbonyl (C=O) groups is 1. The molecule has 0 saturated heterocycles. The second-order valence-corrected chi connectivity index (χ2v) is 5.59. The summed E-state index contributed by atoms with van der Waals surface area (Å²) in [6.07, 6.45) is 1.19. The first-order chi connectivity index (χ1) is 10.5. The molecule has 3 nitrogen and oxygen atoms in total. The average molecular weight is 380 g/mol. The van der Waals surface area contributed by atoms with Crippen LogP contribution in [0.25, 0.3) is 6.08 Å². The van der Waals surface area contributed by atoms with E-state index in [2.05, 4.69) is 21.2 Å². The molecule has 110 valence electrons. The summed E-state index contributed by atoms with van der Waals surface area (Å²) in [6, 6.07) is 12.7. The van der Waals surface area contributed by atoms with Crippen LogP contribution in [0.1, 0.15) is 5.56 Å². The zero-order valence-corrected chi connectivity index (χ0v) is 13.5. The first-order valence-electron chi connectivity index (χ1n) is 6.14. The van der Waals surface area contributed by atoms with Crippen molar-refractivity contribution in [3.63, 3.8) is 0 Å². The number of carbonyl (C=O) groups excluding carboxylic acids is 1. The van der Waals surface area contributed by atoms with Crippen LogP contribution in [0.2, 0.25) is 5.02 Å². The number of hydrogen-bond donors (Lipinski definition) is 1. The minimum Gasteiger partial charge on any atom is -0.320 e.